The fourth-order valence-electron chi connectivity index (χ4n) is 5.65. The minimum atomic E-state index is -0.227. The monoisotopic (exact) mass is 484 g/mol. The molecule has 0 saturated carbocycles. The topological polar surface area (TPSA) is 87.6 Å². The highest BCUT2D eigenvalue weighted by Gasteiger charge is 2.33. The number of aromatic nitrogens is 2. The van der Waals surface area contributed by atoms with Gasteiger partial charge in [0.2, 0.25) is 0 Å². The van der Waals surface area contributed by atoms with Gasteiger partial charge in [-0.1, -0.05) is 24.3 Å². The summed E-state index contributed by atoms with van der Waals surface area (Å²) in [5.74, 6) is 0.299. The molecule has 1 aromatic heterocycles. The zero-order valence-electron chi connectivity index (χ0n) is 20.2. The van der Waals surface area contributed by atoms with Crippen molar-refractivity contribution in [3.05, 3.63) is 76.2 Å². The molecule has 0 unspecified atom stereocenters. The number of imidazole rings is 1. The molecule has 1 saturated heterocycles. The Labute approximate surface area is 208 Å². The van der Waals surface area contributed by atoms with Crippen LogP contribution in [-0.4, -0.2) is 64.0 Å². The number of aromatic amines is 1. The van der Waals surface area contributed by atoms with Gasteiger partial charge in [0.15, 0.2) is 0 Å². The van der Waals surface area contributed by atoms with Crippen molar-refractivity contribution in [3.63, 3.8) is 0 Å². The normalized spacial score (nSPS) is 16.9. The van der Waals surface area contributed by atoms with Crippen molar-refractivity contribution >= 4 is 33.6 Å². The molecular weight excluding hydrogens is 456 g/mol. The molecule has 0 aliphatic carbocycles. The van der Waals surface area contributed by atoms with Crippen molar-refractivity contribution in [2.45, 2.75) is 25.8 Å². The Morgan fingerprint density at radius 2 is 1.61 bits per heavy atom. The van der Waals surface area contributed by atoms with Gasteiger partial charge in [-0.05, 0) is 49.4 Å². The second-order valence-electron chi connectivity index (χ2n) is 9.46. The molecule has 4 aromatic rings. The van der Waals surface area contributed by atoms with Crippen molar-refractivity contribution in [3.8, 4) is 5.75 Å². The van der Waals surface area contributed by atoms with Crippen LogP contribution in [0.2, 0.25) is 0 Å². The molecule has 184 valence electrons. The van der Waals surface area contributed by atoms with Gasteiger partial charge in [0.05, 0.1) is 17.6 Å². The Bertz CT molecular complexity index is 1490. The summed E-state index contributed by atoms with van der Waals surface area (Å²) in [6, 6.07) is 17.0. The van der Waals surface area contributed by atoms with E-state index < -0.39 is 0 Å². The highest BCUT2D eigenvalue weighted by atomic mass is 16.5. The lowest BCUT2D eigenvalue weighted by Gasteiger charge is -2.34. The number of hydrogen-bond donors (Lipinski definition) is 1. The van der Waals surface area contributed by atoms with E-state index in [1.54, 1.807) is 12.1 Å². The number of carbonyl (C=O) groups is 2. The number of fused-ring (bicyclic) bond motifs is 1. The lowest BCUT2D eigenvalue weighted by atomic mass is 9.94. The number of hydrogen-bond acceptors (Lipinski definition) is 5. The second-order valence-corrected chi connectivity index (χ2v) is 9.46. The van der Waals surface area contributed by atoms with Gasteiger partial charge >= 0.3 is 5.69 Å². The van der Waals surface area contributed by atoms with Gasteiger partial charge in [0.25, 0.3) is 11.8 Å². The highest BCUT2D eigenvalue weighted by molar-refractivity contribution is 6.25. The lowest BCUT2D eigenvalue weighted by Crippen LogP contribution is -2.46. The van der Waals surface area contributed by atoms with Crippen LogP contribution in [0.4, 0.5) is 0 Å². The van der Waals surface area contributed by atoms with E-state index >= 15 is 0 Å². The molecule has 3 aromatic carbocycles. The van der Waals surface area contributed by atoms with Crippen molar-refractivity contribution in [1.82, 2.24) is 19.4 Å². The molecule has 2 aliphatic heterocycles. The Morgan fingerprint density at radius 1 is 0.917 bits per heavy atom. The van der Waals surface area contributed by atoms with Gasteiger partial charge in [-0.25, -0.2) is 4.79 Å². The summed E-state index contributed by atoms with van der Waals surface area (Å²) in [5.41, 5.74) is 2.75. The molecule has 2 aliphatic rings. The first-order valence-corrected chi connectivity index (χ1v) is 12.5. The fraction of sp³-hybridized carbons (Fsp3) is 0.321. The summed E-state index contributed by atoms with van der Waals surface area (Å²) in [7, 11) is 0. The van der Waals surface area contributed by atoms with Crippen LogP contribution in [0.15, 0.2) is 59.4 Å². The van der Waals surface area contributed by atoms with Crippen molar-refractivity contribution in [1.29, 1.82) is 0 Å². The van der Waals surface area contributed by atoms with Gasteiger partial charge in [-0.3, -0.25) is 19.1 Å². The Balaban J connectivity index is 1.14. The number of nitrogens with one attached hydrogen (secondary N) is 1. The smallest absolute Gasteiger partial charge is 0.326 e. The van der Waals surface area contributed by atoms with Crippen LogP contribution >= 0.6 is 0 Å². The number of imide groups is 1. The van der Waals surface area contributed by atoms with E-state index in [9.17, 15) is 14.4 Å². The molecule has 0 radical (unpaired) electrons. The molecule has 1 fully saturated rings. The molecule has 6 rings (SSSR count). The van der Waals surface area contributed by atoms with Crippen LogP contribution in [-0.2, 0) is 0 Å². The first-order chi connectivity index (χ1) is 17.5. The summed E-state index contributed by atoms with van der Waals surface area (Å²) in [5, 5.41) is 1.66. The molecule has 2 amide bonds. The predicted molar refractivity (Wildman–Crippen MR) is 138 cm³/mol. The molecule has 8 nitrogen and oxygen atoms in total. The van der Waals surface area contributed by atoms with Crippen molar-refractivity contribution in [2.75, 3.05) is 32.8 Å². The van der Waals surface area contributed by atoms with E-state index in [1.165, 1.54) is 4.90 Å². The van der Waals surface area contributed by atoms with Gasteiger partial charge in [0, 0.05) is 54.8 Å². The Hall–Kier alpha value is -3.91. The van der Waals surface area contributed by atoms with Crippen LogP contribution in [0.3, 0.4) is 0 Å². The number of ether oxygens (including phenoxy) is 1. The highest BCUT2D eigenvalue weighted by Crippen LogP contribution is 2.30. The summed E-state index contributed by atoms with van der Waals surface area (Å²) in [6.07, 6.45) is 1.63. The number of likely N-dealkylation sites (tertiary alicyclic amines) is 1. The van der Waals surface area contributed by atoms with Crippen molar-refractivity contribution in [2.24, 2.45) is 0 Å². The molecular formula is C28H28N4O4. The van der Waals surface area contributed by atoms with E-state index in [-0.39, 0.29) is 23.5 Å². The van der Waals surface area contributed by atoms with Gasteiger partial charge in [-0.2, -0.15) is 0 Å². The molecule has 8 heteroatoms. The summed E-state index contributed by atoms with van der Waals surface area (Å²) < 4.78 is 7.48. The van der Waals surface area contributed by atoms with Crippen LogP contribution in [0.1, 0.15) is 46.5 Å². The van der Waals surface area contributed by atoms with Crippen LogP contribution < -0.4 is 10.4 Å². The number of benzene rings is 3. The largest absolute Gasteiger partial charge is 0.494 e. The minimum Gasteiger partial charge on any atom is -0.494 e. The number of piperidine rings is 1. The number of carbonyl (C=O) groups excluding carboxylic acids is 2. The molecule has 0 atom stereocenters. The molecule has 3 heterocycles. The molecule has 0 spiro atoms. The number of H-pyrrole nitrogens is 1. The quantitative estimate of drug-likeness (QED) is 0.421. The standard InChI is InChI=1S/C28H28N4O4/c1-2-36-20-9-10-23-24(17-20)32(28(35)29-23)19-11-13-30(14-12-19)15-16-31-26(33)21-7-3-5-18-6-4-8-22(25(18)21)27(31)34/h3-10,17,19H,2,11-16H2,1H3,(H,29,35). The Morgan fingerprint density at radius 3 is 2.28 bits per heavy atom. The fourth-order valence-corrected chi connectivity index (χ4v) is 5.65. The second kappa shape index (κ2) is 8.95. The lowest BCUT2D eigenvalue weighted by molar-refractivity contribution is 0.0583. The summed E-state index contributed by atoms with van der Waals surface area (Å²) >= 11 is 0. The Kier molecular flexibility index (Phi) is 5.60. The summed E-state index contributed by atoms with van der Waals surface area (Å²) in [4.78, 5) is 45.7. The van der Waals surface area contributed by atoms with E-state index in [2.05, 4.69) is 9.88 Å². The SMILES string of the molecule is CCOc1ccc2[nH]c(=O)n(C3CCN(CCN4C(=O)c5cccc6cccc(c56)C4=O)CC3)c2c1. The maximum absolute atomic E-state index is 13.2. The van der Waals surface area contributed by atoms with E-state index in [4.69, 9.17) is 4.74 Å². The zero-order valence-corrected chi connectivity index (χ0v) is 20.2. The third-order valence-electron chi connectivity index (χ3n) is 7.42. The first kappa shape index (κ1) is 22.5. The minimum absolute atomic E-state index is 0.0853. The summed E-state index contributed by atoms with van der Waals surface area (Å²) in [6.45, 7) is 5.04. The predicted octanol–water partition coefficient (Wildman–Crippen LogP) is 3.81. The van der Waals surface area contributed by atoms with Gasteiger partial charge in [0.1, 0.15) is 5.75 Å². The van der Waals surface area contributed by atoms with E-state index in [0.29, 0.717) is 30.8 Å². The molecule has 1 N–H and O–H groups in total. The van der Waals surface area contributed by atoms with Crippen LogP contribution in [0, 0.1) is 0 Å². The zero-order chi connectivity index (χ0) is 24.8. The third-order valence-corrected chi connectivity index (χ3v) is 7.42. The number of nitrogens with zero attached hydrogens (tertiary/aromatic N) is 3. The molecule has 36 heavy (non-hydrogen) atoms. The first-order valence-electron chi connectivity index (χ1n) is 12.5. The van der Waals surface area contributed by atoms with E-state index in [0.717, 1.165) is 53.5 Å². The number of amides is 2. The van der Waals surface area contributed by atoms with Gasteiger partial charge < -0.3 is 14.6 Å². The van der Waals surface area contributed by atoms with Crippen LogP contribution in [0.5, 0.6) is 5.75 Å². The maximum Gasteiger partial charge on any atom is 0.326 e. The van der Waals surface area contributed by atoms with Gasteiger partial charge in [-0.15, -0.1) is 0 Å². The van der Waals surface area contributed by atoms with Crippen LogP contribution in [0.25, 0.3) is 21.8 Å². The maximum atomic E-state index is 13.2. The van der Waals surface area contributed by atoms with Crippen molar-refractivity contribution < 1.29 is 14.3 Å². The number of rotatable bonds is 6. The third kappa shape index (κ3) is 3.69. The average Bonchev–Trinajstić information content (AvgIpc) is 3.22. The van der Waals surface area contributed by atoms with E-state index in [1.807, 2.05) is 54.0 Å². The molecule has 0 bridgehead atoms. The average molecular weight is 485 g/mol.